The molecule has 4 rings (SSSR count). The highest BCUT2D eigenvalue weighted by Gasteiger charge is 2.32. The fraction of sp³-hybridized carbons (Fsp3) is 0.480. The highest BCUT2D eigenvalue weighted by atomic mass is 32.2. The zero-order valence-electron chi connectivity index (χ0n) is 19.4. The van der Waals surface area contributed by atoms with E-state index in [1.54, 1.807) is 12.1 Å². The maximum absolute atomic E-state index is 13.4. The molecule has 0 bridgehead atoms. The van der Waals surface area contributed by atoms with Crippen LogP contribution in [0.5, 0.6) is 0 Å². The summed E-state index contributed by atoms with van der Waals surface area (Å²) in [6, 6.07) is 14.4. The van der Waals surface area contributed by atoms with Crippen molar-refractivity contribution >= 4 is 15.9 Å². The van der Waals surface area contributed by atoms with Crippen LogP contribution in [0.3, 0.4) is 0 Å². The number of hydrogen-bond donors (Lipinski definition) is 1. The third-order valence-corrected chi connectivity index (χ3v) is 8.13. The van der Waals surface area contributed by atoms with Gasteiger partial charge < -0.3 is 9.47 Å². The summed E-state index contributed by atoms with van der Waals surface area (Å²) in [4.78, 5) is 18.1. The average Bonchev–Trinajstić information content (AvgIpc) is 2.88. The second kappa shape index (κ2) is 11.4. The molecule has 184 valence electrons. The number of hydroxylamine groups is 1. The number of amides is 1. The fourth-order valence-electron chi connectivity index (χ4n) is 4.13. The van der Waals surface area contributed by atoms with Crippen LogP contribution in [0.4, 0.5) is 0 Å². The average molecular weight is 489 g/mol. The van der Waals surface area contributed by atoms with Crippen molar-refractivity contribution in [1.29, 1.82) is 0 Å². The Morgan fingerprint density at radius 2 is 1.79 bits per heavy atom. The molecule has 1 N–H and O–H groups in total. The van der Waals surface area contributed by atoms with Gasteiger partial charge in [-0.1, -0.05) is 42.0 Å². The van der Waals surface area contributed by atoms with Gasteiger partial charge in [-0.05, 0) is 50.3 Å². The van der Waals surface area contributed by atoms with Gasteiger partial charge in [0.05, 0.1) is 23.2 Å². The van der Waals surface area contributed by atoms with E-state index in [0.29, 0.717) is 45.6 Å². The summed E-state index contributed by atoms with van der Waals surface area (Å²) in [5.74, 6) is -0.607. The summed E-state index contributed by atoms with van der Waals surface area (Å²) in [5, 5.41) is 0. The van der Waals surface area contributed by atoms with E-state index in [4.69, 9.17) is 14.3 Å². The van der Waals surface area contributed by atoms with Crippen molar-refractivity contribution in [3.63, 3.8) is 0 Å². The molecule has 34 heavy (non-hydrogen) atoms. The Kier molecular flexibility index (Phi) is 8.33. The van der Waals surface area contributed by atoms with Crippen LogP contribution in [-0.2, 0) is 30.9 Å². The van der Waals surface area contributed by atoms with Crippen LogP contribution in [0, 0.1) is 6.92 Å². The third-order valence-electron chi connectivity index (χ3n) is 6.18. The number of nitrogens with one attached hydrogen (secondary N) is 1. The molecule has 2 saturated heterocycles. The minimum atomic E-state index is -3.85. The maximum atomic E-state index is 13.4. The first-order valence-electron chi connectivity index (χ1n) is 11.8. The van der Waals surface area contributed by atoms with Crippen molar-refractivity contribution in [3.8, 4) is 0 Å². The van der Waals surface area contributed by atoms with Gasteiger partial charge in [-0.3, -0.25) is 4.79 Å². The predicted octanol–water partition coefficient (Wildman–Crippen LogP) is 3.55. The van der Waals surface area contributed by atoms with Gasteiger partial charge in [0.1, 0.15) is 0 Å². The Bertz CT molecular complexity index is 1060. The SMILES string of the molecule is Cc1ccc(COC2CCN(S(=O)(=O)c3ccccc3C(=O)NOC3CCCCO3)CC2)cc1. The number of carbonyl (C=O) groups is 1. The van der Waals surface area contributed by atoms with Gasteiger partial charge in [-0.25, -0.2) is 18.7 Å². The standard InChI is InChI=1S/C25H32N2O6S/c1-19-9-11-20(12-10-19)18-32-21-13-15-27(16-14-21)34(29,30)23-7-3-2-6-22(23)25(28)26-33-24-8-4-5-17-31-24/h2-3,6-7,9-12,21,24H,4-5,8,13-18H2,1H3,(H,26,28). The summed E-state index contributed by atoms with van der Waals surface area (Å²) in [5.41, 5.74) is 4.71. The van der Waals surface area contributed by atoms with Crippen LogP contribution in [-0.4, -0.2) is 50.7 Å². The van der Waals surface area contributed by atoms with Gasteiger partial charge in [-0.2, -0.15) is 4.31 Å². The van der Waals surface area contributed by atoms with Crippen LogP contribution in [0.25, 0.3) is 0 Å². The molecule has 1 atom stereocenters. The molecule has 2 fully saturated rings. The number of piperidine rings is 1. The molecule has 2 aromatic carbocycles. The first-order valence-corrected chi connectivity index (χ1v) is 13.2. The fourth-order valence-corrected chi connectivity index (χ4v) is 5.79. The molecule has 8 nitrogen and oxygen atoms in total. The number of ether oxygens (including phenoxy) is 2. The number of benzene rings is 2. The van der Waals surface area contributed by atoms with E-state index in [1.807, 2.05) is 19.1 Å². The van der Waals surface area contributed by atoms with Crippen molar-refractivity contribution in [1.82, 2.24) is 9.79 Å². The molecular formula is C25H32N2O6S. The summed E-state index contributed by atoms with van der Waals surface area (Å²) < 4.78 is 39.6. The molecule has 9 heteroatoms. The Hall–Kier alpha value is -2.30. The van der Waals surface area contributed by atoms with Gasteiger partial charge in [-0.15, -0.1) is 0 Å². The number of rotatable bonds is 8. The Balaban J connectivity index is 1.34. The van der Waals surface area contributed by atoms with Crippen LogP contribution < -0.4 is 5.48 Å². The van der Waals surface area contributed by atoms with E-state index >= 15 is 0 Å². The zero-order valence-corrected chi connectivity index (χ0v) is 20.3. The summed E-state index contributed by atoms with van der Waals surface area (Å²) in [6.07, 6.45) is 3.28. The predicted molar refractivity (Wildman–Crippen MR) is 126 cm³/mol. The number of aryl methyl sites for hydroxylation is 1. The van der Waals surface area contributed by atoms with Gasteiger partial charge >= 0.3 is 0 Å². The molecule has 0 aromatic heterocycles. The summed E-state index contributed by atoms with van der Waals surface area (Å²) in [7, 11) is -3.85. The molecule has 0 saturated carbocycles. The lowest BCUT2D eigenvalue weighted by molar-refractivity contribution is -0.186. The second-order valence-electron chi connectivity index (χ2n) is 8.74. The number of carbonyl (C=O) groups excluding carboxylic acids is 1. The Morgan fingerprint density at radius 3 is 2.50 bits per heavy atom. The molecule has 1 amide bonds. The van der Waals surface area contributed by atoms with Crippen LogP contribution in [0.15, 0.2) is 53.4 Å². The second-order valence-corrected chi connectivity index (χ2v) is 10.6. The molecule has 2 aliphatic heterocycles. The van der Waals surface area contributed by atoms with Gasteiger partial charge in [0.2, 0.25) is 10.0 Å². The largest absolute Gasteiger partial charge is 0.373 e. The third kappa shape index (κ3) is 6.22. The summed E-state index contributed by atoms with van der Waals surface area (Å²) >= 11 is 0. The van der Waals surface area contributed by atoms with E-state index < -0.39 is 22.2 Å². The maximum Gasteiger partial charge on any atom is 0.276 e. The van der Waals surface area contributed by atoms with Crippen molar-refractivity contribution in [3.05, 3.63) is 65.2 Å². The lowest BCUT2D eigenvalue weighted by Crippen LogP contribution is -2.41. The lowest BCUT2D eigenvalue weighted by Gasteiger charge is -2.31. The highest BCUT2D eigenvalue weighted by Crippen LogP contribution is 2.25. The molecule has 2 aromatic rings. The quantitative estimate of drug-likeness (QED) is 0.571. The Morgan fingerprint density at radius 1 is 1.06 bits per heavy atom. The molecule has 2 heterocycles. The van der Waals surface area contributed by atoms with E-state index in [0.717, 1.165) is 18.4 Å². The van der Waals surface area contributed by atoms with Crippen molar-refractivity contribution in [2.75, 3.05) is 19.7 Å². The first kappa shape index (κ1) is 24.8. The van der Waals surface area contributed by atoms with E-state index in [-0.39, 0.29) is 16.6 Å². The Labute approximate surface area is 201 Å². The molecule has 2 aliphatic rings. The van der Waals surface area contributed by atoms with Crippen LogP contribution >= 0.6 is 0 Å². The van der Waals surface area contributed by atoms with Gasteiger partial charge in [0, 0.05) is 26.1 Å². The van der Waals surface area contributed by atoms with Crippen LogP contribution in [0.1, 0.15) is 53.6 Å². The monoisotopic (exact) mass is 488 g/mol. The molecule has 0 aliphatic carbocycles. The summed E-state index contributed by atoms with van der Waals surface area (Å²) in [6.45, 7) is 3.80. The zero-order chi connectivity index (χ0) is 24.0. The van der Waals surface area contributed by atoms with Crippen molar-refractivity contribution in [2.45, 2.75) is 62.9 Å². The molecule has 0 spiro atoms. The molecule has 0 radical (unpaired) electrons. The molecule has 1 unspecified atom stereocenters. The van der Waals surface area contributed by atoms with E-state index in [2.05, 4.69) is 17.6 Å². The number of nitrogens with zero attached hydrogens (tertiary/aromatic N) is 1. The smallest absolute Gasteiger partial charge is 0.276 e. The minimum Gasteiger partial charge on any atom is -0.373 e. The van der Waals surface area contributed by atoms with Crippen LogP contribution in [0.2, 0.25) is 0 Å². The van der Waals surface area contributed by atoms with Gasteiger partial charge in [0.15, 0.2) is 6.29 Å². The number of sulfonamides is 1. The topological polar surface area (TPSA) is 94.2 Å². The minimum absolute atomic E-state index is 0.00445. The highest BCUT2D eigenvalue weighted by molar-refractivity contribution is 7.89. The lowest BCUT2D eigenvalue weighted by atomic mass is 10.1. The van der Waals surface area contributed by atoms with Gasteiger partial charge in [0.25, 0.3) is 5.91 Å². The van der Waals surface area contributed by atoms with Crippen molar-refractivity contribution in [2.24, 2.45) is 0 Å². The molecular weight excluding hydrogens is 456 g/mol. The van der Waals surface area contributed by atoms with Crippen molar-refractivity contribution < 1.29 is 27.5 Å². The first-order chi connectivity index (χ1) is 16.4. The normalized spacial score (nSPS) is 20.2. The van der Waals surface area contributed by atoms with E-state index in [1.165, 1.54) is 22.0 Å². The number of hydrogen-bond acceptors (Lipinski definition) is 6. The van der Waals surface area contributed by atoms with E-state index in [9.17, 15) is 13.2 Å².